The lowest BCUT2D eigenvalue weighted by Crippen LogP contribution is -2.28. The first-order valence-corrected chi connectivity index (χ1v) is 7.24. The topological polar surface area (TPSA) is 17.1 Å². The van der Waals surface area contributed by atoms with E-state index < -0.39 is 0 Å². The molecule has 0 bridgehead atoms. The third-order valence-corrected chi connectivity index (χ3v) is 5.75. The number of hydrogen-bond donors (Lipinski definition) is 0. The van der Waals surface area contributed by atoms with Gasteiger partial charge in [0.05, 0.1) is 0 Å². The standard InChI is InChI=1S/C15H24O/c1-9-5-3-7-11-12-8-4-6-10(2)14(12)15(16)13(9)11/h9-14H,3-8H2,1-2H3. The Kier molecular flexibility index (Phi) is 2.60. The Morgan fingerprint density at radius 2 is 1.25 bits per heavy atom. The van der Waals surface area contributed by atoms with E-state index >= 15 is 0 Å². The van der Waals surface area contributed by atoms with Crippen molar-refractivity contribution >= 4 is 5.78 Å². The summed E-state index contributed by atoms with van der Waals surface area (Å²) in [6.07, 6.45) is 8.01. The van der Waals surface area contributed by atoms with Gasteiger partial charge in [-0.3, -0.25) is 4.79 Å². The van der Waals surface area contributed by atoms with Gasteiger partial charge in [0.1, 0.15) is 5.78 Å². The van der Waals surface area contributed by atoms with E-state index in [1.165, 1.54) is 38.5 Å². The molecule has 0 spiro atoms. The van der Waals surface area contributed by atoms with Crippen molar-refractivity contribution in [3.63, 3.8) is 0 Å². The molecule has 3 aliphatic carbocycles. The molecule has 0 heterocycles. The van der Waals surface area contributed by atoms with Gasteiger partial charge in [0.15, 0.2) is 0 Å². The zero-order valence-corrected chi connectivity index (χ0v) is 10.6. The van der Waals surface area contributed by atoms with Crippen molar-refractivity contribution in [2.75, 3.05) is 0 Å². The van der Waals surface area contributed by atoms with Crippen LogP contribution in [0, 0.1) is 35.5 Å². The number of rotatable bonds is 0. The second-order valence-corrected chi connectivity index (χ2v) is 6.60. The summed E-state index contributed by atoms with van der Waals surface area (Å²) in [7, 11) is 0. The van der Waals surface area contributed by atoms with Crippen LogP contribution in [0.25, 0.3) is 0 Å². The molecule has 3 saturated carbocycles. The SMILES string of the molecule is CC1CCCC2C3CCCC(C)C3C(=O)C12. The minimum Gasteiger partial charge on any atom is -0.299 e. The Morgan fingerprint density at radius 3 is 1.69 bits per heavy atom. The maximum atomic E-state index is 12.6. The molecule has 90 valence electrons. The summed E-state index contributed by atoms with van der Waals surface area (Å²) in [6.45, 7) is 4.63. The fourth-order valence-corrected chi connectivity index (χ4v) is 5.08. The maximum absolute atomic E-state index is 12.6. The number of Topliss-reactive ketones (excluding diaryl/α,β-unsaturated/α-hetero) is 1. The molecule has 0 aromatic heterocycles. The van der Waals surface area contributed by atoms with Crippen LogP contribution in [0.15, 0.2) is 0 Å². The molecule has 16 heavy (non-hydrogen) atoms. The third-order valence-electron chi connectivity index (χ3n) is 5.75. The first-order valence-electron chi connectivity index (χ1n) is 7.24. The van der Waals surface area contributed by atoms with Crippen LogP contribution in [0.4, 0.5) is 0 Å². The molecule has 0 amide bonds. The van der Waals surface area contributed by atoms with Crippen molar-refractivity contribution in [2.24, 2.45) is 35.5 Å². The average Bonchev–Trinajstić information content (AvgIpc) is 2.56. The van der Waals surface area contributed by atoms with Crippen LogP contribution in [-0.2, 0) is 4.79 Å². The number of fused-ring (bicyclic) bond motifs is 3. The Balaban J connectivity index is 1.91. The van der Waals surface area contributed by atoms with E-state index in [9.17, 15) is 4.79 Å². The van der Waals surface area contributed by atoms with Gasteiger partial charge in [-0.05, 0) is 49.4 Å². The number of hydrogen-bond acceptors (Lipinski definition) is 1. The lowest BCUT2D eigenvalue weighted by Gasteiger charge is -2.35. The van der Waals surface area contributed by atoms with Crippen LogP contribution in [0.3, 0.4) is 0 Å². The normalized spacial score (nSPS) is 52.2. The van der Waals surface area contributed by atoms with Crippen molar-refractivity contribution < 1.29 is 4.79 Å². The summed E-state index contributed by atoms with van der Waals surface area (Å²) in [5.41, 5.74) is 0. The highest BCUT2D eigenvalue weighted by Crippen LogP contribution is 2.55. The fourth-order valence-electron chi connectivity index (χ4n) is 5.08. The van der Waals surface area contributed by atoms with Gasteiger partial charge in [0, 0.05) is 11.8 Å². The quantitative estimate of drug-likeness (QED) is 0.608. The van der Waals surface area contributed by atoms with Crippen molar-refractivity contribution in [1.82, 2.24) is 0 Å². The second-order valence-electron chi connectivity index (χ2n) is 6.60. The molecule has 6 atom stereocenters. The zero-order chi connectivity index (χ0) is 11.3. The lowest BCUT2D eigenvalue weighted by atomic mass is 9.69. The van der Waals surface area contributed by atoms with E-state index in [1.807, 2.05) is 0 Å². The largest absolute Gasteiger partial charge is 0.299 e. The molecule has 3 rings (SSSR count). The van der Waals surface area contributed by atoms with E-state index in [1.54, 1.807) is 0 Å². The van der Waals surface area contributed by atoms with Crippen molar-refractivity contribution in [3.05, 3.63) is 0 Å². The van der Waals surface area contributed by atoms with E-state index in [0.29, 0.717) is 29.5 Å². The summed E-state index contributed by atoms with van der Waals surface area (Å²) in [5.74, 6) is 4.43. The summed E-state index contributed by atoms with van der Waals surface area (Å²) >= 11 is 0. The maximum Gasteiger partial charge on any atom is 0.140 e. The molecule has 3 aliphatic rings. The first-order chi connectivity index (χ1) is 7.70. The minimum atomic E-state index is 0.448. The highest BCUT2D eigenvalue weighted by Gasteiger charge is 2.54. The van der Waals surface area contributed by atoms with Gasteiger partial charge in [-0.25, -0.2) is 0 Å². The van der Waals surface area contributed by atoms with Gasteiger partial charge in [-0.1, -0.05) is 26.7 Å². The van der Waals surface area contributed by atoms with E-state index in [0.717, 1.165) is 11.8 Å². The first kappa shape index (κ1) is 10.8. The van der Waals surface area contributed by atoms with Crippen LogP contribution in [-0.4, -0.2) is 5.78 Å². The lowest BCUT2D eigenvalue weighted by molar-refractivity contribution is -0.128. The molecule has 0 aliphatic heterocycles. The summed E-state index contributed by atoms with van der Waals surface area (Å²) in [6, 6.07) is 0. The third kappa shape index (κ3) is 1.39. The predicted molar refractivity (Wildman–Crippen MR) is 65.0 cm³/mol. The molecule has 0 N–H and O–H groups in total. The van der Waals surface area contributed by atoms with Crippen LogP contribution in [0.1, 0.15) is 52.4 Å². The summed E-state index contributed by atoms with van der Waals surface area (Å²) in [4.78, 5) is 12.6. The zero-order valence-electron chi connectivity index (χ0n) is 10.6. The predicted octanol–water partition coefficient (Wildman–Crippen LogP) is 3.67. The van der Waals surface area contributed by atoms with E-state index in [-0.39, 0.29) is 0 Å². The molecular formula is C15H24O. The fraction of sp³-hybridized carbons (Fsp3) is 0.933. The smallest absolute Gasteiger partial charge is 0.140 e. The molecule has 1 heteroatoms. The average molecular weight is 220 g/mol. The number of carbonyl (C=O) groups excluding carboxylic acids is 1. The molecule has 1 nitrogen and oxygen atoms in total. The molecular weight excluding hydrogens is 196 g/mol. The summed E-state index contributed by atoms with van der Waals surface area (Å²) in [5, 5.41) is 0. The molecule has 3 fully saturated rings. The second kappa shape index (κ2) is 3.85. The van der Waals surface area contributed by atoms with Crippen LogP contribution in [0.2, 0.25) is 0 Å². The highest BCUT2D eigenvalue weighted by molar-refractivity contribution is 5.87. The van der Waals surface area contributed by atoms with Crippen LogP contribution >= 0.6 is 0 Å². The minimum absolute atomic E-state index is 0.448. The number of carbonyl (C=O) groups is 1. The molecule has 0 aromatic rings. The summed E-state index contributed by atoms with van der Waals surface area (Å²) < 4.78 is 0. The van der Waals surface area contributed by atoms with Crippen molar-refractivity contribution in [2.45, 2.75) is 52.4 Å². The van der Waals surface area contributed by atoms with Crippen molar-refractivity contribution in [1.29, 1.82) is 0 Å². The van der Waals surface area contributed by atoms with Crippen LogP contribution < -0.4 is 0 Å². The Bertz CT molecular complexity index is 268. The molecule has 0 saturated heterocycles. The van der Waals surface area contributed by atoms with Crippen molar-refractivity contribution in [3.8, 4) is 0 Å². The molecule has 0 aromatic carbocycles. The number of ketones is 1. The monoisotopic (exact) mass is 220 g/mol. The highest BCUT2D eigenvalue weighted by atomic mass is 16.1. The Morgan fingerprint density at radius 1 is 0.812 bits per heavy atom. The van der Waals surface area contributed by atoms with Gasteiger partial charge in [-0.15, -0.1) is 0 Å². The van der Waals surface area contributed by atoms with Gasteiger partial charge in [-0.2, -0.15) is 0 Å². The van der Waals surface area contributed by atoms with E-state index in [4.69, 9.17) is 0 Å². The van der Waals surface area contributed by atoms with Gasteiger partial charge in [0.2, 0.25) is 0 Å². The van der Waals surface area contributed by atoms with Gasteiger partial charge in [0.25, 0.3) is 0 Å². The Hall–Kier alpha value is -0.330. The molecule has 0 radical (unpaired) electrons. The van der Waals surface area contributed by atoms with Crippen LogP contribution in [0.5, 0.6) is 0 Å². The van der Waals surface area contributed by atoms with Gasteiger partial charge >= 0.3 is 0 Å². The Labute approximate surface area is 99.0 Å². The van der Waals surface area contributed by atoms with Gasteiger partial charge < -0.3 is 0 Å². The molecule has 6 unspecified atom stereocenters. The van der Waals surface area contributed by atoms with E-state index in [2.05, 4.69) is 13.8 Å².